The van der Waals surface area contributed by atoms with Gasteiger partial charge in [-0.15, -0.1) is 11.8 Å². The van der Waals surface area contributed by atoms with Crippen LogP contribution >= 0.6 is 39.3 Å². The molecule has 2 aromatic rings. The first-order valence-electron chi connectivity index (χ1n) is 7.41. The molecule has 5 heteroatoms. The molecular formula is C19H16BrClO2S. The maximum atomic E-state index is 12.9. The summed E-state index contributed by atoms with van der Waals surface area (Å²) in [4.78, 5) is 14.0. The van der Waals surface area contributed by atoms with Gasteiger partial charge in [-0.05, 0) is 65.9 Å². The molecule has 3 rings (SSSR count). The van der Waals surface area contributed by atoms with E-state index >= 15 is 0 Å². The molecule has 0 fully saturated rings. The quantitative estimate of drug-likeness (QED) is 0.560. The van der Waals surface area contributed by atoms with Gasteiger partial charge in [0, 0.05) is 20.0 Å². The van der Waals surface area contributed by atoms with E-state index in [0.717, 1.165) is 20.5 Å². The molecule has 1 aliphatic rings. The number of ketones is 1. The first-order chi connectivity index (χ1) is 11.3. The van der Waals surface area contributed by atoms with Crippen molar-refractivity contribution in [2.24, 2.45) is 0 Å². The van der Waals surface area contributed by atoms with Crippen LogP contribution in [0.25, 0.3) is 11.3 Å². The molecule has 2 aromatic carbocycles. The van der Waals surface area contributed by atoms with E-state index in [-0.39, 0.29) is 5.78 Å². The molecule has 0 unspecified atom stereocenters. The van der Waals surface area contributed by atoms with E-state index < -0.39 is 5.60 Å². The van der Waals surface area contributed by atoms with Crippen LogP contribution in [-0.4, -0.2) is 17.6 Å². The molecule has 0 amide bonds. The Morgan fingerprint density at radius 3 is 2.50 bits per heavy atom. The Morgan fingerprint density at radius 1 is 1.12 bits per heavy atom. The average molecular weight is 424 g/mol. The molecular weight excluding hydrogens is 408 g/mol. The molecule has 0 atom stereocenters. The lowest BCUT2D eigenvalue weighted by Crippen LogP contribution is -2.29. The van der Waals surface area contributed by atoms with Gasteiger partial charge in [0.15, 0.2) is 5.60 Å². The van der Waals surface area contributed by atoms with E-state index in [2.05, 4.69) is 15.9 Å². The van der Waals surface area contributed by atoms with Crippen molar-refractivity contribution in [3.8, 4) is 0 Å². The van der Waals surface area contributed by atoms with Crippen LogP contribution in [0.4, 0.5) is 0 Å². The molecule has 0 aliphatic carbocycles. The zero-order valence-electron chi connectivity index (χ0n) is 13.5. The van der Waals surface area contributed by atoms with Crippen LogP contribution in [-0.2, 0) is 9.53 Å². The summed E-state index contributed by atoms with van der Waals surface area (Å²) in [5.41, 5.74) is 1.33. The van der Waals surface area contributed by atoms with E-state index in [1.54, 1.807) is 37.7 Å². The van der Waals surface area contributed by atoms with E-state index in [9.17, 15) is 4.79 Å². The second-order valence-electron chi connectivity index (χ2n) is 6.01. The second kappa shape index (κ2) is 6.58. The lowest BCUT2D eigenvalue weighted by atomic mass is 9.93. The van der Waals surface area contributed by atoms with Crippen molar-refractivity contribution in [3.05, 3.63) is 63.1 Å². The minimum Gasteiger partial charge on any atom is -0.478 e. The highest BCUT2D eigenvalue weighted by Gasteiger charge is 2.42. The van der Waals surface area contributed by atoms with Crippen LogP contribution in [0.1, 0.15) is 25.0 Å². The van der Waals surface area contributed by atoms with Crippen molar-refractivity contribution in [1.29, 1.82) is 0 Å². The first-order valence-corrected chi connectivity index (χ1v) is 9.81. The highest BCUT2D eigenvalue weighted by atomic mass is 79.9. The molecule has 0 saturated carbocycles. The number of halogens is 2. The second-order valence-corrected chi connectivity index (χ2v) is 8.14. The third-order valence-corrected chi connectivity index (χ3v) is 5.83. The summed E-state index contributed by atoms with van der Waals surface area (Å²) < 4.78 is 7.02. The molecule has 0 saturated heterocycles. The molecule has 0 bridgehead atoms. The minimum atomic E-state index is -0.891. The number of ether oxygens (including phenoxy) is 1. The first kappa shape index (κ1) is 17.6. The fourth-order valence-electron chi connectivity index (χ4n) is 2.67. The number of carbonyl (C=O) groups excluding carboxylic acids is 1. The molecule has 0 radical (unpaired) electrons. The highest BCUT2D eigenvalue weighted by Crippen LogP contribution is 2.42. The van der Waals surface area contributed by atoms with E-state index in [0.29, 0.717) is 16.4 Å². The lowest BCUT2D eigenvalue weighted by Gasteiger charge is -2.18. The largest absolute Gasteiger partial charge is 0.478 e. The van der Waals surface area contributed by atoms with Gasteiger partial charge in [-0.25, -0.2) is 0 Å². The van der Waals surface area contributed by atoms with Gasteiger partial charge >= 0.3 is 0 Å². The topological polar surface area (TPSA) is 26.3 Å². The third kappa shape index (κ3) is 3.15. The molecule has 0 spiro atoms. The molecule has 1 heterocycles. The number of hydrogen-bond donors (Lipinski definition) is 0. The Kier molecular flexibility index (Phi) is 4.82. The zero-order valence-corrected chi connectivity index (χ0v) is 16.7. The average Bonchev–Trinajstić information content (AvgIpc) is 2.77. The Morgan fingerprint density at radius 2 is 1.88 bits per heavy atom. The standard InChI is InChI=1S/C19H16BrClO2S/c1-19(2)18(22)16(11-5-4-6-13(21)9-11)17(23-19)12-7-8-15(24-3)14(20)10-12/h4-10H,1-3H3. The van der Waals surface area contributed by atoms with Gasteiger partial charge in [-0.3, -0.25) is 4.79 Å². The van der Waals surface area contributed by atoms with Gasteiger partial charge in [0.25, 0.3) is 0 Å². The fourth-order valence-corrected chi connectivity index (χ4v) is 4.19. The summed E-state index contributed by atoms with van der Waals surface area (Å²) in [6.07, 6.45) is 2.02. The number of thioether (sulfide) groups is 1. The summed E-state index contributed by atoms with van der Waals surface area (Å²) in [6, 6.07) is 13.3. The minimum absolute atomic E-state index is 0.0372. The van der Waals surface area contributed by atoms with Gasteiger partial charge in [0.05, 0.1) is 5.57 Å². The van der Waals surface area contributed by atoms with Crippen molar-refractivity contribution in [2.75, 3.05) is 6.26 Å². The molecule has 0 N–H and O–H groups in total. The molecule has 2 nitrogen and oxygen atoms in total. The van der Waals surface area contributed by atoms with Crippen molar-refractivity contribution in [1.82, 2.24) is 0 Å². The smallest absolute Gasteiger partial charge is 0.210 e. The maximum absolute atomic E-state index is 12.9. The van der Waals surface area contributed by atoms with Crippen molar-refractivity contribution in [3.63, 3.8) is 0 Å². The van der Waals surface area contributed by atoms with Crippen LogP contribution in [0, 0.1) is 0 Å². The predicted molar refractivity (Wildman–Crippen MR) is 104 cm³/mol. The highest BCUT2D eigenvalue weighted by molar-refractivity contribution is 9.10. The number of hydrogen-bond acceptors (Lipinski definition) is 3. The van der Waals surface area contributed by atoms with Crippen LogP contribution < -0.4 is 0 Å². The van der Waals surface area contributed by atoms with Crippen LogP contribution in [0.2, 0.25) is 5.02 Å². The summed E-state index contributed by atoms with van der Waals surface area (Å²) in [6.45, 7) is 3.58. The normalized spacial score (nSPS) is 16.5. The van der Waals surface area contributed by atoms with Gasteiger partial charge in [-0.1, -0.05) is 29.8 Å². The van der Waals surface area contributed by atoms with Crippen LogP contribution in [0.15, 0.2) is 51.8 Å². The Bertz CT molecular complexity index is 858. The predicted octanol–water partition coefficient (Wildman–Crippen LogP) is 6.07. The lowest BCUT2D eigenvalue weighted by molar-refractivity contribution is -0.125. The van der Waals surface area contributed by atoms with Crippen LogP contribution in [0.3, 0.4) is 0 Å². The fraction of sp³-hybridized carbons (Fsp3) is 0.211. The molecule has 24 heavy (non-hydrogen) atoms. The van der Waals surface area contributed by atoms with E-state index in [4.69, 9.17) is 16.3 Å². The Labute approximate surface area is 159 Å². The van der Waals surface area contributed by atoms with Crippen molar-refractivity contribution >= 4 is 56.4 Å². The number of Topliss-reactive ketones (excluding diaryl/α,β-unsaturated/α-hetero) is 1. The summed E-state index contributed by atoms with van der Waals surface area (Å²) in [7, 11) is 0. The maximum Gasteiger partial charge on any atom is 0.210 e. The van der Waals surface area contributed by atoms with Gasteiger partial charge < -0.3 is 4.74 Å². The number of benzene rings is 2. The van der Waals surface area contributed by atoms with Crippen molar-refractivity contribution < 1.29 is 9.53 Å². The SMILES string of the molecule is CSc1ccc(C2=C(c3cccc(Cl)c3)C(=O)C(C)(C)O2)cc1Br. The molecule has 124 valence electrons. The van der Waals surface area contributed by atoms with E-state index in [1.165, 1.54) is 0 Å². The summed E-state index contributed by atoms with van der Waals surface area (Å²) in [5.74, 6) is 0.561. The number of rotatable bonds is 3. The van der Waals surface area contributed by atoms with Gasteiger partial charge in [-0.2, -0.15) is 0 Å². The summed E-state index contributed by atoms with van der Waals surface area (Å²) in [5, 5.41) is 0.593. The molecule has 0 aromatic heterocycles. The third-order valence-electron chi connectivity index (χ3n) is 3.89. The monoisotopic (exact) mass is 422 g/mol. The van der Waals surface area contributed by atoms with E-state index in [1.807, 2.05) is 36.6 Å². The summed E-state index contributed by atoms with van der Waals surface area (Å²) >= 11 is 11.4. The van der Waals surface area contributed by atoms with Gasteiger partial charge in [0.2, 0.25) is 5.78 Å². The van der Waals surface area contributed by atoms with Crippen LogP contribution in [0.5, 0.6) is 0 Å². The number of carbonyl (C=O) groups is 1. The van der Waals surface area contributed by atoms with Gasteiger partial charge in [0.1, 0.15) is 5.76 Å². The Balaban J connectivity index is 2.20. The van der Waals surface area contributed by atoms with Crippen molar-refractivity contribution in [2.45, 2.75) is 24.3 Å². The molecule has 1 aliphatic heterocycles. The Hall–Kier alpha value is -1.23. The zero-order chi connectivity index (χ0) is 17.5.